The molecule has 0 bridgehead atoms. The Bertz CT molecular complexity index is 521. The van der Waals surface area contributed by atoms with E-state index in [1.54, 1.807) is 6.07 Å². The van der Waals surface area contributed by atoms with Gasteiger partial charge in [0, 0.05) is 16.5 Å². The zero-order valence-electron chi connectivity index (χ0n) is 8.96. The number of fused-ring (bicyclic) bond motifs is 1. The van der Waals surface area contributed by atoms with Crippen LogP contribution in [0.1, 0.15) is 13.8 Å². The zero-order chi connectivity index (χ0) is 11.7. The van der Waals surface area contributed by atoms with Crippen LogP contribution < -0.4 is 5.32 Å². The molecule has 0 fully saturated rings. The van der Waals surface area contributed by atoms with Crippen LogP contribution in [0.3, 0.4) is 0 Å². The molecular formula is C11H11Cl2N3. The second kappa shape index (κ2) is 4.44. The SMILES string of the molecule is CC(C)Nc1nc(Cl)nc2cc(Cl)ccc12. The maximum Gasteiger partial charge on any atom is 0.224 e. The van der Waals surface area contributed by atoms with Crippen molar-refractivity contribution >= 4 is 39.9 Å². The fourth-order valence-corrected chi connectivity index (χ4v) is 1.80. The van der Waals surface area contributed by atoms with Gasteiger partial charge in [-0.2, -0.15) is 0 Å². The lowest BCUT2D eigenvalue weighted by Gasteiger charge is -2.11. The first-order valence-corrected chi connectivity index (χ1v) is 5.71. The molecule has 2 rings (SSSR count). The lowest BCUT2D eigenvalue weighted by Crippen LogP contribution is -2.11. The lowest BCUT2D eigenvalue weighted by atomic mass is 10.2. The van der Waals surface area contributed by atoms with E-state index in [2.05, 4.69) is 15.3 Å². The first-order valence-electron chi connectivity index (χ1n) is 4.95. The summed E-state index contributed by atoms with van der Waals surface area (Å²) in [7, 11) is 0. The topological polar surface area (TPSA) is 37.8 Å². The molecule has 0 radical (unpaired) electrons. The summed E-state index contributed by atoms with van der Waals surface area (Å²) in [5.41, 5.74) is 0.746. The molecule has 0 unspecified atom stereocenters. The maximum absolute atomic E-state index is 5.91. The molecular weight excluding hydrogens is 245 g/mol. The second-order valence-corrected chi connectivity index (χ2v) is 4.58. The van der Waals surface area contributed by atoms with Gasteiger partial charge in [-0.05, 0) is 43.6 Å². The normalized spacial score (nSPS) is 11.1. The van der Waals surface area contributed by atoms with Crippen molar-refractivity contribution in [2.75, 3.05) is 5.32 Å². The molecule has 5 heteroatoms. The fraction of sp³-hybridized carbons (Fsp3) is 0.273. The molecule has 0 saturated carbocycles. The lowest BCUT2D eigenvalue weighted by molar-refractivity contribution is 0.890. The van der Waals surface area contributed by atoms with Crippen LogP contribution >= 0.6 is 23.2 Å². The van der Waals surface area contributed by atoms with Crippen LogP contribution in [0.15, 0.2) is 18.2 Å². The summed E-state index contributed by atoms with van der Waals surface area (Å²) in [6, 6.07) is 5.76. The summed E-state index contributed by atoms with van der Waals surface area (Å²) in [6.07, 6.45) is 0. The van der Waals surface area contributed by atoms with E-state index < -0.39 is 0 Å². The van der Waals surface area contributed by atoms with E-state index in [9.17, 15) is 0 Å². The van der Waals surface area contributed by atoms with Crippen molar-refractivity contribution in [3.8, 4) is 0 Å². The number of anilines is 1. The molecule has 16 heavy (non-hydrogen) atoms. The molecule has 1 aromatic carbocycles. The highest BCUT2D eigenvalue weighted by Crippen LogP contribution is 2.25. The van der Waals surface area contributed by atoms with Crippen molar-refractivity contribution < 1.29 is 0 Å². The highest BCUT2D eigenvalue weighted by molar-refractivity contribution is 6.31. The first kappa shape index (κ1) is 11.4. The van der Waals surface area contributed by atoms with Gasteiger partial charge < -0.3 is 5.32 Å². The molecule has 3 nitrogen and oxygen atoms in total. The molecule has 0 amide bonds. The van der Waals surface area contributed by atoms with E-state index >= 15 is 0 Å². The Kier molecular flexibility index (Phi) is 3.17. The predicted molar refractivity (Wildman–Crippen MR) is 68.3 cm³/mol. The van der Waals surface area contributed by atoms with E-state index in [0.29, 0.717) is 5.02 Å². The third-order valence-electron chi connectivity index (χ3n) is 2.06. The standard InChI is InChI=1S/C11H11Cl2N3/c1-6(2)14-10-8-4-3-7(12)5-9(8)15-11(13)16-10/h3-6H,1-2H3,(H,14,15,16). The number of hydrogen-bond acceptors (Lipinski definition) is 3. The van der Waals surface area contributed by atoms with Gasteiger partial charge in [-0.1, -0.05) is 11.6 Å². The van der Waals surface area contributed by atoms with Crippen LogP contribution in [0, 0.1) is 0 Å². The van der Waals surface area contributed by atoms with Crippen molar-refractivity contribution in [2.24, 2.45) is 0 Å². The van der Waals surface area contributed by atoms with Crippen LogP contribution in [-0.2, 0) is 0 Å². The number of aromatic nitrogens is 2. The van der Waals surface area contributed by atoms with E-state index in [-0.39, 0.29) is 11.3 Å². The summed E-state index contributed by atoms with van der Waals surface area (Å²) in [6.45, 7) is 4.08. The van der Waals surface area contributed by atoms with E-state index in [1.807, 2.05) is 26.0 Å². The summed E-state index contributed by atoms with van der Waals surface area (Å²) in [5.74, 6) is 0.738. The van der Waals surface area contributed by atoms with Crippen molar-refractivity contribution in [1.29, 1.82) is 0 Å². The predicted octanol–water partition coefficient (Wildman–Crippen LogP) is 3.76. The monoisotopic (exact) mass is 255 g/mol. The third-order valence-corrected chi connectivity index (χ3v) is 2.46. The van der Waals surface area contributed by atoms with E-state index in [1.165, 1.54) is 0 Å². The molecule has 0 atom stereocenters. The molecule has 1 N–H and O–H groups in total. The van der Waals surface area contributed by atoms with Gasteiger partial charge in [0.05, 0.1) is 5.52 Å². The molecule has 1 aromatic heterocycles. The number of benzene rings is 1. The van der Waals surface area contributed by atoms with Gasteiger partial charge in [0.25, 0.3) is 0 Å². The van der Waals surface area contributed by atoms with Gasteiger partial charge in [-0.15, -0.1) is 0 Å². The van der Waals surface area contributed by atoms with E-state index in [0.717, 1.165) is 16.7 Å². The highest BCUT2D eigenvalue weighted by Gasteiger charge is 2.07. The Balaban J connectivity index is 2.63. The highest BCUT2D eigenvalue weighted by atomic mass is 35.5. The number of rotatable bonds is 2. The van der Waals surface area contributed by atoms with Gasteiger partial charge in [-0.3, -0.25) is 0 Å². The molecule has 0 aliphatic heterocycles. The quantitative estimate of drug-likeness (QED) is 0.831. The molecule has 0 saturated heterocycles. The Morgan fingerprint density at radius 3 is 2.62 bits per heavy atom. The third kappa shape index (κ3) is 2.36. The number of halogens is 2. The van der Waals surface area contributed by atoms with Gasteiger partial charge in [0.1, 0.15) is 5.82 Å². The van der Waals surface area contributed by atoms with Crippen LogP contribution in [0.4, 0.5) is 5.82 Å². The minimum atomic E-state index is 0.220. The summed E-state index contributed by atoms with van der Waals surface area (Å²) in [4.78, 5) is 8.31. The molecule has 0 aliphatic rings. The molecule has 0 spiro atoms. The fourth-order valence-electron chi connectivity index (χ4n) is 1.46. The van der Waals surface area contributed by atoms with Gasteiger partial charge in [-0.25, -0.2) is 9.97 Å². The van der Waals surface area contributed by atoms with E-state index in [4.69, 9.17) is 23.2 Å². The van der Waals surface area contributed by atoms with Crippen molar-refractivity contribution in [3.05, 3.63) is 28.5 Å². The second-order valence-electron chi connectivity index (χ2n) is 3.80. The number of hydrogen-bond donors (Lipinski definition) is 1. The van der Waals surface area contributed by atoms with Crippen LogP contribution in [0.2, 0.25) is 10.3 Å². The first-order chi connectivity index (χ1) is 7.56. The number of nitrogens with zero attached hydrogens (tertiary/aromatic N) is 2. The smallest absolute Gasteiger partial charge is 0.224 e. The summed E-state index contributed by atoms with van der Waals surface area (Å²) < 4.78 is 0. The molecule has 2 aromatic rings. The minimum absolute atomic E-state index is 0.220. The number of nitrogens with one attached hydrogen (secondary N) is 1. The van der Waals surface area contributed by atoms with Crippen LogP contribution in [-0.4, -0.2) is 16.0 Å². The summed E-state index contributed by atoms with van der Waals surface area (Å²) >= 11 is 11.8. The van der Waals surface area contributed by atoms with Crippen LogP contribution in [0.5, 0.6) is 0 Å². The largest absolute Gasteiger partial charge is 0.367 e. The minimum Gasteiger partial charge on any atom is -0.367 e. The Labute approximate surface area is 104 Å². The molecule has 1 heterocycles. The van der Waals surface area contributed by atoms with Crippen molar-refractivity contribution in [3.63, 3.8) is 0 Å². The van der Waals surface area contributed by atoms with Gasteiger partial charge in [0.2, 0.25) is 5.28 Å². The maximum atomic E-state index is 5.91. The van der Waals surface area contributed by atoms with Gasteiger partial charge >= 0.3 is 0 Å². The van der Waals surface area contributed by atoms with Crippen molar-refractivity contribution in [2.45, 2.75) is 19.9 Å². The van der Waals surface area contributed by atoms with Crippen LogP contribution in [0.25, 0.3) is 10.9 Å². The Hall–Kier alpha value is -1.06. The molecule has 84 valence electrons. The average molecular weight is 256 g/mol. The molecule has 0 aliphatic carbocycles. The average Bonchev–Trinajstić information content (AvgIpc) is 2.15. The Morgan fingerprint density at radius 1 is 1.19 bits per heavy atom. The zero-order valence-corrected chi connectivity index (χ0v) is 10.5. The van der Waals surface area contributed by atoms with Crippen molar-refractivity contribution in [1.82, 2.24) is 9.97 Å². The van der Waals surface area contributed by atoms with Gasteiger partial charge in [0.15, 0.2) is 0 Å². The Morgan fingerprint density at radius 2 is 1.94 bits per heavy atom. The summed E-state index contributed by atoms with van der Waals surface area (Å²) in [5, 5.41) is 5.01.